The van der Waals surface area contributed by atoms with E-state index in [1.807, 2.05) is 12.4 Å². The average molecular weight is 233 g/mol. The molecule has 1 aromatic heterocycles. The third-order valence-electron chi connectivity index (χ3n) is 2.12. The number of nitrogens with zero attached hydrogens (tertiary/aromatic N) is 1. The van der Waals surface area contributed by atoms with Crippen LogP contribution in [0, 0.1) is 0 Å². The van der Waals surface area contributed by atoms with Crippen molar-refractivity contribution in [3.05, 3.63) is 36.2 Å². The smallest absolute Gasteiger partial charge is 0.0273 e. The Bertz CT molecular complexity index is 285. The standard InChI is InChI=1S/C10H12N2.2ClH/c1-5-11-6-2-9(1)10-3-7-12-8-4-10;;/h1-3,5-6,12H,4,7-8H2;2*1H. The van der Waals surface area contributed by atoms with Crippen molar-refractivity contribution in [2.75, 3.05) is 13.1 Å². The Labute approximate surface area is 96.6 Å². The average Bonchev–Trinajstić information content (AvgIpc) is 2.21. The Hall–Kier alpha value is -0.570. The molecule has 0 radical (unpaired) electrons. The SMILES string of the molecule is C1=C(c2ccncc2)CCNC1.Cl.Cl. The summed E-state index contributed by atoms with van der Waals surface area (Å²) in [5, 5.41) is 3.29. The van der Waals surface area contributed by atoms with Gasteiger partial charge in [0.05, 0.1) is 0 Å². The molecule has 0 spiro atoms. The lowest BCUT2D eigenvalue weighted by atomic mass is 10.0. The second-order valence-electron chi connectivity index (χ2n) is 2.92. The first kappa shape index (κ1) is 13.4. The van der Waals surface area contributed by atoms with Crippen LogP contribution in [-0.2, 0) is 0 Å². The number of nitrogens with one attached hydrogen (secondary N) is 1. The van der Waals surface area contributed by atoms with E-state index >= 15 is 0 Å². The van der Waals surface area contributed by atoms with Crippen molar-refractivity contribution in [1.29, 1.82) is 0 Å². The van der Waals surface area contributed by atoms with Gasteiger partial charge in [-0.25, -0.2) is 0 Å². The van der Waals surface area contributed by atoms with Crippen molar-refractivity contribution < 1.29 is 0 Å². The van der Waals surface area contributed by atoms with Gasteiger partial charge in [0.25, 0.3) is 0 Å². The van der Waals surface area contributed by atoms with Crippen molar-refractivity contribution in [3.8, 4) is 0 Å². The normalized spacial score (nSPS) is 14.7. The summed E-state index contributed by atoms with van der Waals surface area (Å²) >= 11 is 0. The Morgan fingerprint density at radius 2 is 1.86 bits per heavy atom. The molecular formula is C10H14Cl2N2. The fraction of sp³-hybridized carbons (Fsp3) is 0.300. The predicted octanol–water partition coefficient (Wildman–Crippen LogP) is 2.30. The molecule has 0 fully saturated rings. The van der Waals surface area contributed by atoms with E-state index in [2.05, 4.69) is 28.5 Å². The van der Waals surface area contributed by atoms with Crippen LogP contribution in [0.4, 0.5) is 0 Å². The van der Waals surface area contributed by atoms with Crippen molar-refractivity contribution in [2.24, 2.45) is 0 Å². The molecule has 0 atom stereocenters. The van der Waals surface area contributed by atoms with Crippen LogP contribution in [-0.4, -0.2) is 18.1 Å². The molecule has 0 aliphatic carbocycles. The molecule has 0 saturated heterocycles. The summed E-state index contributed by atoms with van der Waals surface area (Å²) in [5.41, 5.74) is 2.75. The van der Waals surface area contributed by atoms with Gasteiger partial charge in [0.2, 0.25) is 0 Å². The second kappa shape index (κ2) is 6.82. The first-order valence-corrected chi connectivity index (χ1v) is 4.27. The zero-order chi connectivity index (χ0) is 8.23. The minimum Gasteiger partial charge on any atom is -0.313 e. The third kappa shape index (κ3) is 3.29. The van der Waals surface area contributed by atoms with Gasteiger partial charge < -0.3 is 5.32 Å². The number of aromatic nitrogens is 1. The van der Waals surface area contributed by atoms with Crippen LogP contribution in [0.25, 0.3) is 5.57 Å². The van der Waals surface area contributed by atoms with E-state index in [0.29, 0.717) is 0 Å². The summed E-state index contributed by atoms with van der Waals surface area (Å²) in [4.78, 5) is 4.00. The lowest BCUT2D eigenvalue weighted by Gasteiger charge is -2.13. The molecule has 0 amide bonds. The topological polar surface area (TPSA) is 24.9 Å². The monoisotopic (exact) mass is 232 g/mol. The summed E-state index contributed by atoms with van der Waals surface area (Å²) in [6, 6.07) is 4.13. The van der Waals surface area contributed by atoms with Gasteiger partial charge in [-0.1, -0.05) is 6.08 Å². The van der Waals surface area contributed by atoms with Crippen molar-refractivity contribution in [3.63, 3.8) is 0 Å². The highest BCUT2D eigenvalue weighted by molar-refractivity contribution is 5.85. The van der Waals surface area contributed by atoms with Crippen LogP contribution < -0.4 is 5.32 Å². The van der Waals surface area contributed by atoms with Gasteiger partial charge in [0.1, 0.15) is 0 Å². The maximum absolute atomic E-state index is 4.00. The second-order valence-corrected chi connectivity index (χ2v) is 2.92. The van der Waals surface area contributed by atoms with E-state index in [9.17, 15) is 0 Å². The van der Waals surface area contributed by atoms with E-state index in [1.54, 1.807) is 0 Å². The van der Waals surface area contributed by atoms with Crippen LogP contribution >= 0.6 is 24.8 Å². The number of pyridine rings is 1. The fourth-order valence-corrected chi connectivity index (χ4v) is 1.45. The molecule has 0 saturated carbocycles. The van der Waals surface area contributed by atoms with Crippen LogP contribution in [0.3, 0.4) is 0 Å². The van der Waals surface area contributed by atoms with E-state index in [0.717, 1.165) is 19.5 Å². The summed E-state index contributed by atoms with van der Waals surface area (Å²) in [6.07, 6.45) is 7.07. The lowest BCUT2D eigenvalue weighted by molar-refractivity contribution is 0.738. The van der Waals surface area contributed by atoms with E-state index in [4.69, 9.17) is 0 Å². The molecule has 14 heavy (non-hydrogen) atoms. The summed E-state index contributed by atoms with van der Waals surface area (Å²) in [5.74, 6) is 0. The number of halogens is 2. The van der Waals surface area contributed by atoms with E-state index in [-0.39, 0.29) is 24.8 Å². The zero-order valence-electron chi connectivity index (χ0n) is 7.77. The highest BCUT2D eigenvalue weighted by atomic mass is 35.5. The maximum Gasteiger partial charge on any atom is 0.0273 e. The fourth-order valence-electron chi connectivity index (χ4n) is 1.45. The zero-order valence-corrected chi connectivity index (χ0v) is 9.40. The molecule has 2 nitrogen and oxygen atoms in total. The molecule has 4 heteroatoms. The van der Waals surface area contributed by atoms with Crippen LogP contribution in [0.5, 0.6) is 0 Å². The van der Waals surface area contributed by atoms with Gasteiger partial charge in [-0.2, -0.15) is 0 Å². The Balaban J connectivity index is 0.000000845. The molecule has 1 aliphatic rings. The Kier molecular flexibility index (Phi) is 6.54. The quantitative estimate of drug-likeness (QED) is 0.805. The first-order chi connectivity index (χ1) is 5.97. The van der Waals surface area contributed by atoms with Crippen molar-refractivity contribution in [2.45, 2.75) is 6.42 Å². The highest BCUT2D eigenvalue weighted by Gasteiger charge is 2.03. The molecule has 1 aromatic rings. The van der Waals surface area contributed by atoms with E-state index in [1.165, 1.54) is 11.1 Å². The maximum atomic E-state index is 4.00. The van der Waals surface area contributed by atoms with Crippen LogP contribution in [0.2, 0.25) is 0 Å². The van der Waals surface area contributed by atoms with Gasteiger partial charge in [-0.15, -0.1) is 24.8 Å². The summed E-state index contributed by atoms with van der Waals surface area (Å²) in [6.45, 7) is 2.09. The lowest BCUT2D eigenvalue weighted by Crippen LogP contribution is -2.19. The Morgan fingerprint density at radius 3 is 2.43 bits per heavy atom. The molecule has 0 bridgehead atoms. The summed E-state index contributed by atoms with van der Waals surface area (Å²) < 4.78 is 0. The molecular weight excluding hydrogens is 219 g/mol. The largest absolute Gasteiger partial charge is 0.313 e. The molecule has 1 aliphatic heterocycles. The third-order valence-corrected chi connectivity index (χ3v) is 2.12. The van der Waals surface area contributed by atoms with Gasteiger partial charge in [0, 0.05) is 18.9 Å². The Morgan fingerprint density at radius 1 is 1.14 bits per heavy atom. The van der Waals surface area contributed by atoms with Gasteiger partial charge in [0.15, 0.2) is 0 Å². The van der Waals surface area contributed by atoms with Crippen LogP contribution in [0.1, 0.15) is 12.0 Å². The summed E-state index contributed by atoms with van der Waals surface area (Å²) in [7, 11) is 0. The molecule has 2 rings (SSSR count). The number of hydrogen-bond acceptors (Lipinski definition) is 2. The van der Waals surface area contributed by atoms with Crippen molar-refractivity contribution >= 4 is 30.4 Å². The van der Waals surface area contributed by atoms with E-state index < -0.39 is 0 Å². The molecule has 78 valence electrons. The van der Waals surface area contributed by atoms with Gasteiger partial charge in [-0.05, 0) is 36.2 Å². The minimum absolute atomic E-state index is 0. The highest BCUT2D eigenvalue weighted by Crippen LogP contribution is 2.17. The molecule has 0 unspecified atom stereocenters. The predicted molar refractivity (Wildman–Crippen MR) is 64.2 cm³/mol. The molecule has 0 aromatic carbocycles. The van der Waals surface area contributed by atoms with Crippen molar-refractivity contribution in [1.82, 2.24) is 10.3 Å². The minimum atomic E-state index is 0. The number of hydrogen-bond donors (Lipinski definition) is 1. The van der Waals surface area contributed by atoms with Gasteiger partial charge in [-0.3, -0.25) is 4.98 Å². The first-order valence-electron chi connectivity index (χ1n) is 4.27. The van der Waals surface area contributed by atoms with Gasteiger partial charge >= 0.3 is 0 Å². The molecule has 1 N–H and O–H groups in total. The number of rotatable bonds is 1. The van der Waals surface area contributed by atoms with Crippen LogP contribution in [0.15, 0.2) is 30.6 Å². The molecule has 2 heterocycles.